The first kappa shape index (κ1) is 11.0. The minimum absolute atomic E-state index is 0.00287. The molecule has 0 unspecified atom stereocenters. The fourth-order valence-corrected chi connectivity index (χ4v) is 1.44. The topological polar surface area (TPSA) is 76.0 Å². The van der Waals surface area contributed by atoms with E-state index in [-0.39, 0.29) is 16.9 Å². The summed E-state index contributed by atoms with van der Waals surface area (Å²) in [6, 6.07) is 7.36. The van der Waals surface area contributed by atoms with Crippen LogP contribution < -0.4 is 5.56 Å². The van der Waals surface area contributed by atoms with Gasteiger partial charge in [0.05, 0.1) is 10.6 Å². The van der Waals surface area contributed by atoms with Crippen LogP contribution in [0.3, 0.4) is 0 Å². The maximum absolute atomic E-state index is 13.5. The highest BCUT2D eigenvalue weighted by Gasteiger charge is 2.12. The molecule has 2 aromatic rings. The third-order valence-electron chi connectivity index (χ3n) is 2.22. The number of non-ortho nitro benzene ring substituents is 1. The summed E-state index contributed by atoms with van der Waals surface area (Å²) in [7, 11) is 0. The lowest BCUT2D eigenvalue weighted by atomic mass is 10.1. The van der Waals surface area contributed by atoms with E-state index in [4.69, 9.17) is 0 Å². The van der Waals surface area contributed by atoms with Gasteiger partial charge in [0.15, 0.2) is 0 Å². The average molecular weight is 234 g/mol. The zero-order valence-corrected chi connectivity index (χ0v) is 8.51. The van der Waals surface area contributed by atoms with E-state index in [1.807, 2.05) is 0 Å². The van der Waals surface area contributed by atoms with Gasteiger partial charge in [0.1, 0.15) is 5.82 Å². The SMILES string of the molecule is O=c1cccc(-c2cc([N+](=O)[O-])ccc2F)[nH]1. The van der Waals surface area contributed by atoms with Crippen LogP contribution in [0.25, 0.3) is 11.3 Å². The van der Waals surface area contributed by atoms with E-state index in [0.29, 0.717) is 0 Å². The van der Waals surface area contributed by atoms with Crippen LogP contribution in [0, 0.1) is 15.9 Å². The van der Waals surface area contributed by atoms with Crippen LogP contribution in [0.2, 0.25) is 0 Å². The maximum atomic E-state index is 13.5. The summed E-state index contributed by atoms with van der Waals surface area (Å²) in [4.78, 5) is 23.4. The maximum Gasteiger partial charge on any atom is 0.270 e. The second kappa shape index (κ2) is 4.17. The number of rotatable bonds is 2. The number of hydrogen-bond donors (Lipinski definition) is 1. The Morgan fingerprint density at radius 2 is 2.00 bits per heavy atom. The first-order chi connectivity index (χ1) is 8.08. The van der Waals surface area contributed by atoms with E-state index in [2.05, 4.69) is 4.98 Å². The Morgan fingerprint density at radius 1 is 1.24 bits per heavy atom. The zero-order valence-electron chi connectivity index (χ0n) is 8.51. The number of benzene rings is 1. The summed E-state index contributed by atoms with van der Waals surface area (Å²) < 4.78 is 13.5. The summed E-state index contributed by atoms with van der Waals surface area (Å²) in [5.41, 5.74) is -0.421. The molecule has 0 amide bonds. The fraction of sp³-hybridized carbons (Fsp3) is 0. The van der Waals surface area contributed by atoms with Crippen molar-refractivity contribution < 1.29 is 9.31 Å². The van der Waals surface area contributed by atoms with Crippen LogP contribution in [-0.4, -0.2) is 9.91 Å². The largest absolute Gasteiger partial charge is 0.322 e. The molecule has 17 heavy (non-hydrogen) atoms. The van der Waals surface area contributed by atoms with Crippen LogP contribution >= 0.6 is 0 Å². The Hall–Kier alpha value is -2.50. The van der Waals surface area contributed by atoms with Crippen molar-refractivity contribution in [2.45, 2.75) is 0 Å². The summed E-state index contributed by atoms with van der Waals surface area (Å²) in [5.74, 6) is -0.627. The monoisotopic (exact) mass is 234 g/mol. The minimum atomic E-state index is -0.627. The molecule has 0 atom stereocenters. The van der Waals surface area contributed by atoms with Gasteiger partial charge in [0, 0.05) is 23.8 Å². The minimum Gasteiger partial charge on any atom is -0.322 e. The Kier molecular flexibility index (Phi) is 2.70. The summed E-state index contributed by atoms with van der Waals surface area (Å²) in [5, 5.41) is 10.6. The predicted octanol–water partition coefficient (Wildman–Crippen LogP) is 2.09. The second-order valence-electron chi connectivity index (χ2n) is 3.35. The number of pyridine rings is 1. The quantitative estimate of drug-likeness (QED) is 0.638. The number of hydrogen-bond acceptors (Lipinski definition) is 3. The molecule has 0 aliphatic carbocycles. The Balaban J connectivity index is 2.62. The van der Waals surface area contributed by atoms with Crippen molar-refractivity contribution in [2.24, 2.45) is 0 Å². The van der Waals surface area contributed by atoms with E-state index >= 15 is 0 Å². The summed E-state index contributed by atoms with van der Waals surface area (Å²) >= 11 is 0. The van der Waals surface area contributed by atoms with Crippen LogP contribution in [0.4, 0.5) is 10.1 Å². The van der Waals surface area contributed by atoms with E-state index < -0.39 is 16.3 Å². The molecule has 86 valence electrons. The number of aromatic nitrogens is 1. The van der Waals surface area contributed by atoms with E-state index in [0.717, 1.165) is 18.2 Å². The number of nitro groups is 1. The number of aromatic amines is 1. The van der Waals surface area contributed by atoms with Crippen molar-refractivity contribution in [3.05, 3.63) is 62.7 Å². The van der Waals surface area contributed by atoms with Gasteiger partial charge in [0.25, 0.3) is 5.69 Å². The molecular formula is C11H7FN2O3. The van der Waals surface area contributed by atoms with Crippen LogP contribution in [-0.2, 0) is 0 Å². The molecule has 0 aliphatic rings. The molecule has 1 heterocycles. The zero-order chi connectivity index (χ0) is 12.4. The lowest BCUT2D eigenvalue weighted by Gasteiger charge is -2.02. The number of nitrogens with zero attached hydrogens (tertiary/aromatic N) is 1. The molecular weight excluding hydrogens is 227 g/mol. The fourth-order valence-electron chi connectivity index (χ4n) is 1.44. The van der Waals surface area contributed by atoms with Crippen LogP contribution in [0.1, 0.15) is 0 Å². The summed E-state index contributed by atoms with van der Waals surface area (Å²) in [6.07, 6.45) is 0. The molecule has 2 rings (SSSR count). The summed E-state index contributed by atoms with van der Waals surface area (Å²) in [6.45, 7) is 0. The second-order valence-corrected chi connectivity index (χ2v) is 3.35. The first-order valence-electron chi connectivity index (χ1n) is 4.71. The molecule has 0 fully saturated rings. The van der Waals surface area contributed by atoms with Gasteiger partial charge in [0.2, 0.25) is 5.56 Å². The van der Waals surface area contributed by atoms with Crippen molar-refractivity contribution in [2.75, 3.05) is 0 Å². The van der Waals surface area contributed by atoms with Gasteiger partial charge in [-0.3, -0.25) is 14.9 Å². The van der Waals surface area contributed by atoms with Crippen LogP contribution in [0.15, 0.2) is 41.2 Å². The lowest BCUT2D eigenvalue weighted by molar-refractivity contribution is -0.384. The predicted molar refractivity (Wildman–Crippen MR) is 59.1 cm³/mol. The first-order valence-corrected chi connectivity index (χ1v) is 4.71. The molecule has 1 aromatic heterocycles. The third kappa shape index (κ3) is 2.20. The number of nitro benzene ring substituents is 1. The van der Waals surface area contributed by atoms with Gasteiger partial charge < -0.3 is 4.98 Å². The smallest absolute Gasteiger partial charge is 0.270 e. The van der Waals surface area contributed by atoms with Crippen molar-refractivity contribution in [3.63, 3.8) is 0 Å². The molecule has 6 heteroatoms. The van der Waals surface area contributed by atoms with Gasteiger partial charge in [-0.15, -0.1) is 0 Å². The molecule has 1 aromatic carbocycles. The van der Waals surface area contributed by atoms with Crippen molar-refractivity contribution in [1.82, 2.24) is 4.98 Å². The highest BCUT2D eigenvalue weighted by atomic mass is 19.1. The lowest BCUT2D eigenvalue weighted by Crippen LogP contribution is -2.04. The van der Waals surface area contributed by atoms with Gasteiger partial charge in [-0.05, 0) is 12.1 Å². The van der Waals surface area contributed by atoms with E-state index in [9.17, 15) is 19.3 Å². The van der Waals surface area contributed by atoms with Crippen molar-refractivity contribution >= 4 is 5.69 Å². The molecule has 5 nitrogen and oxygen atoms in total. The Morgan fingerprint density at radius 3 is 2.65 bits per heavy atom. The molecule has 0 bridgehead atoms. The number of nitrogens with one attached hydrogen (secondary N) is 1. The van der Waals surface area contributed by atoms with Crippen molar-refractivity contribution in [1.29, 1.82) is 0 Å². The average Bonchev–Trinajstić information content (AvgIpc) is 2.29. The molecule has 0 saturated carbocycles. The molecule has 1 N–H and O–H groups in total. The standard InChI is InChI=1S/C11H7FN2O3/c12-9-5-4-7(14(16)17)6-8(9)10-2-1-3-11(15)13-10/h1-6H,(H,13,15). The van der Waals surface area contributed by atoms with Gasteiger partial charge in [-0.25, -0.2) is 4.39 Å². The molecule has 0 spiro atoms. The number of halogens is 1. The molecule has 0 aliphatic heterocycles. The Bertz CT molecular complexity index is 637. The number of H-pyrrole nitrogens is 1. The third-order valence-corrected chi connectivity index (χ3v) is 2.22. The van der Waals surface area contributed by atoms with E-state index in [1.54, 1.807) is 0 Å². The highest BCUT2D eigenvalue weighted by Crippen LogP contribution is 2.24. The Labute approximate surface area is 94.7 Å². The van der Waals surface area contributed by atoms with Crippen LogP contribution in [0.5, 0.6) is 0 Å². The normalized spacial score (nSPS) is 10.2. The van der Waals surface area contributed by atoms with Gasteiger partial charge in [-0.2, -0.15) is 0 Å². The van der Waals surface area contributed by atoms with Crippen molar-refractivity contribution in [3.8, 4) is 11.3 Å². The van der Waals surface area contributed by atoms with Gasteiger partial charge in [-0.1, -0.05) is 6.07 Å². The van der Waals surface area contributed by atoms with Gasteiger partial charge >= 0.3 is 0 Å². The molecule has 0 saturated heterocycles. The molecule has 0 radical (unpaired) electrons. The highest BCUT2D eigenvalue weighted by molar-refractivity contribution is 5.63. The van der Waals surface area contributed by atoms with E-state index in [1.165, 1.54) is 18.2 Å².